The molecule has 2 unspecified atom stereocenters. The van der Waals surface area contributed by atoms with Crippen molar-refractivity contribution in [2.45, 2.75) is 5.50 Å². The Labute approximate surface area is 52.6 Å². The Morgan fingerprint density at radius 3 is 2.71 bits per heavy atom. The number of alkyl halides is 1. The molecule has 2 atom stereocenters. The normalized spacial score (nSPS) is 39.7. The highest BCUT2D eigenvalue weighted by molar-refractivity contribution is 7.81. The van der Waals surface area contributed by atoms with Gasteiger partial charge in [-0.1, -0.05) is 22.8 Å². The van der Waals surface area contributed by atoms with Crippen LogP contribution in [0.5, 0.6) is 0 Å². The quantitative estimate of drug-likeness (QED) is 0.323. The monoisotopic (exact) mass is 156 g/mol. The highest BCUT2D eigenvalue weighted by Crippen LogP contribution is 2.41. The van der Waals surface area contributed by atoms with Gasteiger partial charge in [0.1, 0.15) is 5.50 Å². The third-order valence-corrected chi connectivity index (χ3v) is 2.28. The minimum atomic E-state index is -0.845. The molecule has 40 valence electrons. The SMILES string of the molecule is ClC1C=NP(Cl)N1. The summed E-state index contributed by atoms with van der Waals surface area (Å²) in [5.41, 5.74) is -0.149. The molecule has 0 radical (unpaired) electrons. The summed E-state index contributed by atoms with van der Waals surface area (Å²) in [5.74, 6) is 0. The first-order valence-corrected chi connectivity index (χ1v) is 4.33. The molecule has 5 heteroatoms. The van der Waals surface area contributed by atoms with E-state index < -0.39 is 7.58 Å². The summed E-state index contributed by atoms with van der Waals surface area (Å²) in [6.45, 7) is 0. The number of hydrogen-bond donors (Lipinski definition) is 1. The van der Waals surface area contributed by atoms with E-state index in [4.69, 9.17) is 22.8 Å². The van der Waals surface area contributed by atoms with Gasteiger partial charge in [0.05, 0.1) is 0 Å². The second-order valence-electron chi connectivity index (χ2n) is 1.06. The van der Waals surface area contributed by atoms with Crippen LogP contribution in [-0.4, -0.2) is 11.7 Å². The lowest BCUT2D eigenvalue weighted by Crippen LogP contribution is -2.10. The Morgan fingerprint density at radius 1 is 1.86 bits per heavy atom. The standard InChI is InChI=1S/C2H3Cl2N2P/c3-2-1-5-7(4)6-2/h1-2,6H. The second kappa shape index (κ2) is 2.27. The molecule has 0 spiro atoms. The zero-order valence-electron chi connectivity index (χ0n) is 3.31. The average molecular weight is 157 g/mol. The Balaban J connectivity index is 2.42. The van der Waals surface area contributed by atoms with Crippen LogP contribution in [0.15, 0.2) is 4.76 Å². The van der Waals surface area contributed by atoms with E-state index in [9.17, 15) is 0 Å². The Bertz CT molecular complexity index is 85.7. The Kier molecular flexibility index (Phi) is 1.87. The number of nitrogens with one attached hydrogen (secondary N) is 1. The van der Waals surface area contributed by atoms with Gasteiger partial charge in [-0.2, -0.15) is 0 Å². The van der Waals surface area contributed by atoms with Crippen molar-refractivity contribution < 1.29 is 0 Å². The van der Waals surface area contributed by atoms with Crippen LogP contribution in [0.4, 0.5) is 0 Å². The van der Waals surface area contributed by atoms with E-state index in [1.807, 2.05) is 0 Å². The number of hydrogen-bond acceptors (Lipinski definition) is 2. The smallest absolute Gasteiger partial charge is 0.186 e. The third kappa shape index (κ3) is 1.54. The number of rotatable bonds is 0. The summed E-state index contributed by atoms with van der Waals surface area (Å²) in [6.07, 6.45) is 1.60. The van der Waals surface area contributed by atoms with E-state index in [0.29, 0.717) is 0 Å². The Hall–Kier alpha value is 0.640. The molecule has 0 saturated heterocycles. The first-order chi connectivity index (χ1) is 3.29. The van der Waals surface area contributed by atoms with Crippen LogP contribution in [0.25, 0.3) is 0 Å². The molecule has 0 aromatic carbocycles. The van der Waals surface area contributed by atoms with Gasteiger partial charge < -0.3 is 0 Å². The zero-order chi connectivity index (χ0) is 5.28. The van der Waals surface area contributed by atoms with Crippen LogP contribution in [0, 0.1) is 0 Å². The maximum Gasteiger partial charge on any atom is 0.186 e. The molecule has 1 aliphatic heterocycles. The van der Waals surface area contributed by atoms with Gasteiger partial charge in [-0.3, -0.25) is 0 Å². The highest BCUT2D eigenvalue weighted by Gasteiger charge is 2.12. The molecule has 0 saturated carbocycles. The van der Waals surface area contributed by atoms with Crippen LogP contribution in [0.2, 0.25) is 0 Å². The molecule has 7 heavy (non-hydrogen) atoms. The first-order valence-electron chi connectivity index (χ1n) is 1.69. The molecule has 1 N–H and O–H groups in total. The number of halogens is 2. The van der Waals surface area contributed by atoms with E-state index >= 15 is 0 Å². The molecular weight excluding hydrogens is 154 g/mol. The molecule has 2 nitrogen and oxygen atoms in total. The molecule has 1 aliphatic rings. The van der Waals surface area contributed by atoms with Gasteiger partial charge in [-0.05, 0) is 0 Å². The van der Waals surface area contributed by atoms with Crippen molar-refractivity contribution in [3.63, 3.8) is 0 Å². The molecular formula is C2H3Cl2N2P. The van der Waals surface area contributed by atoms with Crippen LogP contribution in [0.3, 0.4) is 0 Å². The fourth-order valence-electron chi connectivity index (χ4n) is 0.285. The summed E-state index contributed by atoms with van der Waals surface area (Å²) < 4.78 is 3.78. The summed E-state index contributed by atoms with van der Waals surface area (Å²) in [5, 5.41) is 2.79. The van der Waals surface area contributed by atoms with Gasteiger partial charge in [0.2, 0.25) is 0 Å². The molecule has 1 heterocycles. The summed E-state index contributed by atoms with van der Waals surface area (Å²) in [6, 6.07) is 0. The van der Waals surface area contributed by atoms with Crippen molar-refractivity contribution in [1.29, 1.82) is 0 Å². The lowest BCUT2D eigenvalue weighted by Gasteiger charge is -1.95. The van der Waals surface area contributed by atoms with Gasteiger partial charge in [-0.25, -0.2) is 9.85 Å². The fraction of sp³-hybridized carbons (Fsp3) is 0.500. The number of nitrogens with zero attached hydrogens (tertiary/aromatic N) is 1. The summed E-state index contributed by atoms with van der Waals surface area (Å²) in [4.78, 5) is 0. The lowest BCUT2D eigenvalue weighted by atomic mass is 10.8. The summed E-state index contributed by atoms with van der Waals surface area (Å²) >= 11 is 11.0. The molecule has 0 bridgehead atoms. The maximum absolute atomic E-state index is 5.48. The van der Waals surface area contributed by atoms with Crippen molar-refractivity contribution in [2.75, 3.05) is 0 Å². The topological polar surface area (TPSA) is 24.4 Å². The minimum absolute atomic E-state index is 0.149. The van der Waals surface area contributed by atoms with Gasteiger partial charge in [0, 0.05) is 6.21 Å². The van der Waals surface area contributed by atoms with E-state index in [2.05, 4.69) is 9.85 Å². The van der Waals surface area contributed by atoms with Crippen molar-refractivity contribution in [3.8, 4) is 0 Å². The van der Waals surface area contributed by atoms with Crippen LogP contribution < -0.4 is 5.09 Å². The van der Waals surface area contributed by atoms with Crippen LogP contribution in [0.1, 0.15) is 0 Å². The van der Waals surface area contributed by atoms with Crippen molar-refractivity contribution >= 4 is 36.6 Å². The van der Waals surface area contributed by atoms with Crippen molar-refractivity contribution in [1.82, 2.24) is 5.09 Å². The molecule has 1 rings (SSSR count). The Morgan fingerprint density at radius 2 is 2.57 bits per heavy atom. The van der Waals surface area contributed by atoms with Crippen molar-refractivity contribution in [2.24, 2.45) is 4.76 Å². The van der Waals surface area contributed by atoms with Crippen LogP contribution >= 0.6 is 30.4 Å². The minimum Gasteiger partial charge on any atom is -0.244 e. The molecule has 0 aromatic rings. The largest absolute Gasteiger partial charge is 0.244 e. The second-order valence-corrected chi connectivity index (χ2v) is 3.50. The van der Waals surface area contributed by atoms with E-state index in [0.717, 1.165) is 0 Å². The van der Waals surface area contributed by atoms with Gasteiger partial charge in [0.25, 0.3) is 0 Å². The van der Waals surface area contributed by atoms with Gasteiger partial charge in [-0.15, -0.1) is 0 Å². The first kappa shape index (κ1) is 5.77. The lowest BCUT2D eigenvalue weighted by molar-refractivity contribution is 1.12. The predicted molar refractivity (Wildman–Crippen MR) is 34.0 cm³/mol. The molecule has 0 aliphatic carbocycles. The van der Waals surface area contributed by atoms with Gasteiger partial charge >= 0.3 is 0 Å². The molecule has 0 amide bonds. The van der Waals surface area contributed by atoms with E-state index in [-0.39, 0.29) is 5.50 Å². The van der Waals surface area contributed by atoms with Crippen LogP contribution in [-0.2, 0) is 0 Å². The zero-order valence-corrected chi connectivity index (χ0v) is 5.71. The highest BCUT2D eigenvalue weighted by atomic mass is 35.7. The van der Waals surface area contributed by atoms with Crippen molar-refractivity contribution in [3.05, 3.63) is 0 Å². The van der Waals surface area contributed by atoms with E-state index in [1.165, 1.54) is 0 Å². The maximum atomic E-state index is 5.48. The third-order valence-electron chi connectivity index (χ3n) is 0.529. The van der Waals surface area contributed by atoms with E-state index in [1.54, 1.807) is 6.21 Å². The molecule has 0 fully saturated rings. The summed E-state index contributed by atoms with van der Waals surface area (Å²) in [7, 11) is -0.845. The molecule has 0 aromatic heterocycles. The fourth-order valence-corrected chi connectivity index (χ4v) is 1.90. The van der Waals surface area contributed by atoms with Gasteiger partial charge in [0.15, 0.2) is 7.58 Å². The predicted octanol–water partition coefficient (Wildman–Crippen LogP) is 1.69. The average Bonchev–Trinajstić information content (AvgIpc) is 1.87.